The van der Waals surface area contributed by atoms with E-state index in [1.807, 2.05) is 4.90 Å². The highest BCUT2D eigenvalue weighted by Crippen LogP contribution is 2.17. The number of piperidine rings is 1. The summed E-state index contributed by atoms with van der Waals surface area (Å²) < 4.78 is 0. The van der Waals surface area contributed by atoms with Gasteiger partial charge in [-0.1, -0.05) is 20.3 Å². The Kier molecular flexibility index (Phi) is 6.34. The second-order valence-electron chi connectivity index (χ2n) is 5.04. The number of aliphatic hydroxyl groups excluding tert-OH is 1. The van der Waals surface area contributed by atoms with Crippen molar-refractivity contribution in [1.82, 2.24) is 9.80 Å². The highest BCUT2D eigenvalue weighted by Gasteiger charge is 2.24. The van der Waals surface area contributed by atoms with Crippen LogP contribution in [0.15, 0.2) is 0 Å². The van der Waals surface area contributed by atoms with Gasteiger partial charge < -0.3 is 14.9 Å². The maximum Gasteiger partial charge on any atom is 0.320 e. The molecule has 1 atom stereocenters. The van der Waals surface area contributed by atoms with E-state index in [4.69, 9.17) is 5.11 Å². The van der Waals surface area contributed by atoms with Crippen LogP contribution in [0.3, 0.4) is 0 Å². The monoisotopic (exact) mass is 242 g/mol. The number of rotatable bonds is 5. The van der Waals surface area contributed by atoms with Gasteiger partial charge in [-0.15, -0.1) is 0 Å². The molecule has 17 heavy (non-hydrogen) atoms. The molecule has 1 aliphatic heterocycles. The van der Waals surface area contributed by atoms with Gasteiger partial charge in [0.15, 0.2) is 0 Å². The Morgan fingerprint density at radius 1 is 1.47 bits per heavy atom. The summed E-state index contributed by atoms with van der Waals surface area (Å²) in [6.07, 6.45) is 4.41. The van der Waals surface area contributed by atoms with Crippen LogP contribution in [-0.2, 0) is 0 Å². The van der Waals surface area contributed by atoms with Crippen LogP contribution in [0, 0.1) is 5.92 Å². The molecular formula is C13H26N2O2. The molecule has 1 fully saturated rings. The number of unbranched alkanes of at least 4 members (excludes halogenated alkanes) is 1. The first kappa shape index (κ1) is 14.3. The number of likely N-dealkylation sites (tertiary alicyclic amines) is 1. The third kappa shape index (κ3) is 4.54. The van der Waals surface area contributed by atoms with Gasteiger partial charge in [-0.3, -0.25) is 0 Å². The van der Waals surface area contributed by atoms with Gasteiger partial charge in [0, 0.05) is 26.2 Å². The topological polar surface area (TPSA) is 43.8 Å². The third-order valence-electron chi connectivity index (χ3n) is 3.35. The molecule has 0 aromatic carbocycles. The molecule has 1 rings (SSSR count). The Bertz CT molecular complexity index is 233. The summed E-state index contributed by atoms with van der Waals surface area (Å²) in [7, 11) is 0. The molecule has 1 N–H and O–H groups in total. The summed E-state index contributed by atoms with van der Waals surface area (Å²) in [5, 5.41) is 9.02. The zero-order chi connectivity index (χ0) is 12.7. The number of aliphatic hydroxyl groups is 1. The summed E-state index contributed by atoms with van der Waals surface area (Å²) in [4.78, 5) is 16.0. The van der Waals surface area contributed by atoms with Gasteiger partial charge in [-0.2, -0.15) is 0 Å². The average Bonchev–Trinajstić information content (AvgIpc) is 2.33. The largest absolute Gasteiger partial charge is 0.395 e. The SMILES string of the molecule is CCCCN(CCO)C(=O)N1CCCC(C)C1. The summed E-state index contributed by atoms with van der Waals surface area (Å²) in [6.45, 7) is 7.33. The van der Waals surface area contributed by atoms with Crippen LogP contribution in [0.5, 0.6) is 0 Å². The zero-order valence-corrected chi connectivity index (χ0v) is 11.2. The lowest BCUT2D eigenvalue weighted by Gasteiger charge is -2.35. The van der Waals surface area contributed by atoms with E-state index in [-0.39, 0.29) is 12.6 Å². The van der Waals surface area contributed by atoms with Crippen molar-refractivity contribution in [2.75, 3.05) is 32.8 Å². The van der Waals surface area contributed by atoms with Crippen molar-refractivity contribution < 1.29 is 9.90 Å². The molecule has 4 heteroatoms. The molecule has 1 aliphatic rings. The first-order valence-electron chi connectivity index (χ1n) is 6.83. The summed E-state index contributed by atoms with van der Waals surface area (Å²) in [5.74, 6) is 0.606. The Balaban J connectivity index is 2.50. The lowest BCUT2D eigenvalue weighted by Crippen LogP contribution is -2.48. The van der Waals surface area contributed by atoms with E-state index < -0.39 is 0 Å². The molecule has 1 saturated heterocycles. The fourth-order valence-corrected chi connectivity index (χ4v) is 2.34. The van der Waals surface area contributed by atoms with Crippen molar-refractivity contribution in [1.29, 1.82) is 0 Å². The molecule has 1 unspecified atom stereocenters. The third-order valence-corrected chi connectivity index (χ3v) is 3.35. The normalized spacial score (nSPS) is 20.4. The molecule has 100 valence electrons. The summed E-state index contributed by atoms with van der Waals surface area (Å²) in [6, 6.07) is 0.110. The minimum Gasteiger partial charge on any atom is -0.395 e. The van der Waals surface area contributed by atoms with Gasteiger partial charge in [-0.05, 0) is 25.2 Å². The van der Waals surface area contributed by atoms with Crippen LogP contribution in [0.1, 0.15) is 39.5 Å². The van der Waals surface area contributed by atoms with E-state index in [1.54, 1.807) is 4.90 Å². The number of carbonyl (C=O) groups excluding carboxylic acids is 1. The minimum absolute atomic E-state index is 0.0544. The molecule has 0 aromatic rings. The predicted octanol–water partition coefficient (Wildman–Crippen LogP) is 1.93. The average molecular weight is 242 g/mol. The number of hydrogen-bond acceptors (Lipinski definition) is 2. The first-order valence-corrected chi connectivity index (χ1v) is 6.83. The molecular weight excluding hydrogens is 216 g/mol. The maximum absolute atomic E-state index is 12.3. The number of nitrogens with zero attached hydrogens (tertiary/aromatic N) is 2. The van der Waals surface area contributed by atoms with Crippen LogP contribution in [-0.4, -0.2) is 53.7 Å². The summed E-state index contributed by atoms with van der Waals surface area (Å²) >= 11 is 0. The molecule has 0 bridgehead atoms. The van der Waals surface area contributed by atoms with Crippen molar-refractivity contribution in [2.24, 2.45) is 5.92 Å². The van der Waals surface area contributed by atoms with Gasteiger partial charge in [0.05, 0.1) is 6.61 Å². The standard InChI is InChI=1S/C13H26N2O2/c1-3-4-7-14(9-10-16)13(17)15-8-5-6-12(2)11-15/h12,16H,3-11H2,1-2H3. The number of urea groups is 1. The van der Waals surface area contributed by atoms with Crippen LogP contribution in [0.2, 0.25) is 0 Å². The molecule has 1 heterocycles. The van der Waals surface area contributed by atoms with Crippen molar-refractivity contribution in [3.8, 4) is 0 Å². The second kappa shape index (κ2) is 7.54. The number of hydrogen-bond donors (Lipinski definition) is 1. The highest BCUT2D eigenvalue weighted by molar-refractivity contribution is 5.74. The molecule has 2 amide bonds. The number of carbonyl (C=O) groups is 1. The molecule has 4 nitrogen and oxygen atoms in total. The van der Waals surface area contributed by atoms with Gasteiger partial charge in [0.25, 0.3) is 0 Å². The van der Waals surface area contributed by atoms with E-state index in [2.05, 4.69) is 13.8 Å². The Morgan fingerprint density at radius 3 is 2.82 bits per heavy atom. The van der Waals surface area contributed by atoms with Crippen molar-refractivity contribution in [3.05, 3.63) is 0 Å². The van der Waals surface area contributed by atoms with Crippen LogP contribution in [0.25, 0.3) is 0 Å². The molecule has 0 radical (unpaired) electrons. The fraction of sp³-hybridized carbons (Fsp3) is 0.923. The van der Waals surface area contributed by atoms with Crippen molar-refractivity contribution >= 4 is 6.03 Å². The van der Waals surface area contributed by atoms with E-state index in [0.717, 1.165) is 38.9 Å². The predicted molar refractivity (Wildman–Crippen MR) is 68.9 cm³/mol. The Labute approximate surface area is 105 Å². The van der Waals surface area contributed by atoms with Gasteiger partial charge >= 0.3 is 6.03 Å². The van der Waals surface area contributed by atoms with E-state index in [9.17, 15) is 4.79 Å². The van der Waals surface area contributed by atoms with Crippen molar-refractivity contribution in [2.45, 2.75) is 39.5 Å². The maximum atomic E-state index is 12.3. The Hall–Kier alpha value is -0.770. The second-order valence-corrected chi connectivity index (χ2v) is 5.04. The van der Waals surface area contributed by atoms with E-state index >= 15 is 0 Å². The smallest absolute Gasteiger partial charge is 0.320 e. The van der Waals surface area contributed by atoms with Gasteiger partial charge in [0.1, 0.15) is 0 Å². The van der Waals surface area contributed by atoms with Gasteiger partial charge in [0.2, 0.25) is 0 Å². The van der Waals surface area contributed by atoms with E-state index in [0.29, 0.717) is 12.5 Å². The summed E-state index contributed by atoms with van der Waals surface area (Å²) in [5.41, 5.74) is 0. The molecule has 0 aromatic heterocycles. The number of amides is 2. The Morgan fingerprint density at radius 2 is 2.24 bits per heavy atom. The minimum atomic E-state index is 0.0544. The molecule has 0 spiro atoms. The lowest BCUT2D eigenvalue weighted by molar-refractivity contribution is 0.121. The first-order chi connectivity index (χ1) is 8.19. The molecule has 0 saturated carbocycles. The van der Waals surface area contributed by atoms with Crippen molar-refractivity contribution in [3.63, 3.8) is 0 Å². The fourth-order valence-electron chi connectivity index (χ4n) is 2.34. The van der Waals surface area contributed by atoms with E-state index in [1.165, 1.54) is 6.42 Å². The zero-order valence-electron chi connectivity index (χ0n) is 11.2. The van der Waals surface area contributed by atoms with Crippen LogP contribution >= 0.6 is 0 Å². The highest BCUT2D eigenvalue weighted by atomic mass is 16.3. The van der Waals surface area contributed by atoms with Crippen LogP contribution < -0.4 is 0 Å². The van der Waals surface area contributed by atoms with Crippen LogP contribution in [0.4, 0.5) is 4.79 Å². The molecule has 0 aliphatic carbocycles. The lowest BCUT2D eigenvalue weighted by atomic mass is 10.0. The quantitative estimate of drug-likeness (QED) is 0.800. The van der Waals surface area contributed by atoms with Gasteiger partial charge in [-0.25, -0.2) is 4.79 Å².